The van der Waals surface area contributed by atoms with Crippen molar-refractivity contribution in [3.8, 4) is 0 Å². The topological polar surface area (TPSA) is 86.8 Å². The molecule has 1 atom stereocenters. The number of anilines is 1. The van der Waals surface area contributed by atoms with Crippen LogP contribution in [0.4, 0.5) is 5.69 Å². The highest BCUT2D eigenvalue weighted by Crippen LogP contribution is 2.30. The molecule has 10 heteroatoms. The van der Waals surface area contributed by atoms with Gasteiger partial charge in [0.15, 0.2) is 0 Å². The van der Waals surface area contributed by atoms with Crippen molar-refractivity contribution in [3.05, 3.63) is 76.3 Å². The number of amides is 2. The molecule has 0 bridgehead atoms. The summed E-state index contributed by atoms with van der Waals surface area (Å²) in [5, 5.41) is 4.98. The molecule has 36 heavy (non-hydrogen) atoms. The van der Waals surface area contributed by atoms with Crippen LogP contribution in [0.1, 0.15) is 25.8 Å². The Hall–Kier alpha value is -2.81. The Bertz CT molecular complexity index is 1340. The smallest absolute Gasteiger partial charge is 0.244 e. The number of halogens is 2. The van der Waals surface area contributed by atoms with Crippen molar-refractivity contribution in [3.63, 3.8) is 0 Å². The van der Waals surface area contributed by atoms with Gasteiger partial charge in [0.1, 0.15) is 12.6 Å². The number of fused-ring (bicyclic) bond motifs is 1. The predicted octanol–water partition coefficient (Wildman–Crippen LogP) is 4.86. The number of sulfonamides is 1. The van der Waals surface area contributed by atoms with Crippen LogP contribution in [-0.4, -0.2) is 50.5 Å². The summed E-state index contributed by atoms with van der Waals surface area (Å²) in [6.45, 7) is 3.40. The van der Waals surface area contributed by atoms with Crippen LogP contribution in [0.15, 0.2) is 60.7 Å². The van der Waals surface area contributed by atoms with Gasteiger partial charge in [-0.05, 0) is 36.9 Å². The number of nitrogens with zero attached hydrogens (tertiary/aromatic N) is 2. The van der Waals surface area contributed by atoms with Gasteiger partial charge in [-0.3, -0.25) is 13.9 Å². The summed E-state index contributed by atoms with van der Waals surface area (Å²) in [6, 6.07) is 16.7. The lowest BCUT2D eigenvalue weighted by atomic mass is 10.1. The van der Waals surface area contributed by atoms with Crippen LogP contribution in [0.3, 0.4) is 0 Å². The zero-order valence-corrected chi connectivity index (χ0v) is 22.7. The van der Waals surface area contributed by atoms with Crippen molar-refractivity contribution in [2.45, 2.75) is 32.9 Å². The number of hydrogen-bond acceptors (Lipinski definition) is 4. The maximum Gasteiger partial charge on any atom is 0.244 e. The van der Waals surface area contributed by atoms with E-state index in [4.69, 9.17) is 23.2 Å². The summed E-state index contributed by atoms with van der Waals surface area (Å²) in [7, 11) is -3.86. The molecular formula is C26H29Cl2N3O4S. The number of benzene rings is 3. The molecule has 0 saturated heterocycles. The zero-order chi connectivity index (χ0) is 26.5. The molecule has 2 amide bonds. The van der Waals surface area contributed by atoms with Crippen molar-refractivity contribution in [1.29, 1.82) is 0 Å². The molecule has 192 valence electrons. The monoisotopic (exact) mass is 549 g/mol. The number of hydrogen-bond donors (Lipinski definition) is 1. The summed E-state index contributed by atoms with van der Waals surface area (Å²) in [4.78, 5) is 28.1. The third kappa shape index (κ3) is 6.30. The fraction of sp³-hybridized carbons (Fsp3) is 0.308. The van der Waals surface area contributed by atoms with Gasteiger partial charge >= 0.3 is 0 Å². The first-order valence-corrected chi connectivity index (χ1v) is 14.1. The molecule has 0 aliphatic heterocycles. The molecule has 0 radical (unpaired) electrons. The fourth-order valence-electron chi connectivity index (χ4n) is 4.09. The standard InChI is InChI=1S/C26H29Cl2N3O4S/c1-4-23(26(33)29-5-2)30(16-20-21(27)13-9-14-22(20)28)25(32)17-31(36(3,34)35)24-15-8-11-18-10-6-7-12-19(18)24/h6-15,23H,4-5,16-17H2,1-3H3,(H,29,33)/t23-/m0/s1. The number of rotatable bonds is 10. The molecule has 1 N–H and O–H groups in total. The molecule has 0 spiro atoms. The van der Waals surface area contributed by atoms with Gasteiger partial charge in [0.25, 0.3) is 0 Å². The zero-order valence-electron chi connectivity index (χ0n) is 20.4. The Morgan fingerprint density at radius 2 is 1.56 bits per heavy atom. The van der Waals surface area contributed by atoms with E-state index in [0.717, 1.165) is 15.9 Å². The molecule has 0 saturated carbocycles. The Morgan fingerprint density at radius 3 is 2.17 bits per heavy atom. The van der Waals surface area contributed by atoms with Crippen LogP contribution in [-0.2, 0) is 26.2 Å². The summed E-state index contributed by atoms with van der Waals surface area (Å²) in [6.07, 6.45) is 1.37. The second-order valence-corrected chi connectivity index (χ2v) is 11.0. The molecule has 0 unspecified atom stereocenters. The summed E-state index contributed by atoms with van der Waals surface area (Å²) in [5.41, 5.74) is 0.860. The minimum absolute atomic E-state index is 0.0554. The maximum absolute atomic E-state index is 13.8. The average Bonchev–Trinajstić information content (AvgIpc) is 2.83. The minimum atomic E-state index is -3.86. The Balaban J connectivity index is 2.07. The van der Waals surface area contributed by atoms with E-state index < -0.39 is 28.5 Å². The number of likely N-dealkylation sites (N-methyl/N-ethyl adjacent to an activating group) is 1. The molecule has 0 aliphatic carbocycles. The molecule has 0 aromatic heterocycles. The average molecular weight is 551 g/mol. The van der Waals surface area contributed by atoms with E-state index in [2.05, 4.69) is 5.32 Å². The second kappa shape index (κ2) is 12.0. The molecule has 0 aliphatic rings. The van der Waals surface area contributed by atoms with Crippen LogP contribution in [0.5, 0.6) is 0 Å². The van der Waals surface area contributed by atoms with Gasteiger partial charge in [-0.25, -0.2) is 8.42 Å². The molecule has 0 fully saturated rings. The van der Waals surface area contributed by atoms with E-state index in [-0.39, 0.29) is 12.5 Å². The quantitative estimate of drug-likeness (QED) is 0.391. The van der Waals surface area contributed by atoms with Gasteiger partial charge in [-0.15, -0.1) is 0 Å². The molecule has 3 aromatic rings. The van der Waals surface area contributed by atoms with Crippen LogP contribution in [0.2, 0.25) is 10.0 Å². The second-order valence-electron chi connectivity index (χ2n) is 8.31. The van der Waals surface area contributed by atoms with Gasteiger partial charge in [-0.2, -0.15) is 0 Å². The van der Waals surface area contributed by atoms with Gasteiger partial charge in [-0.1, -0.05) is 72.6 Å². The summed E-state index contributed by atoms with van der Waals surface area (Å²) >= 11 is 12.8. The maximum atomic E-state index is 13.8. The van der Waals surface area contributed by atoms with E-state index in [1.807, 2.05) is 24.3 Å². The Morgan fingerprint density at radius 1 is 0.944 bits per heavy atom. The van der Waals surface area contributed by atoms with Gasteiger partial charge < -0.3 is 10.2 Å². The minimum Gasteiger partial charge on any atom is -0.355 e. The Kier molecular flexibility index (Phi) is 9.22. The van der Waals surface area contributed by atoms with Crippen molar-refractivity contribution >= 4 is 61.5 Å². The first kappa shape index (κ1) is 27.8. The van der Waals surface area contributed by atoms with Crippen LogP contribution >= 0.6 is 23.2 Å². The molecule has 7 nitrogen and oxygen atoms in total. The largest absolute Gasteiger partial charge is 0.355 e. The van der Waals surface area contributed by atoms with Crippen LogP contribution in [0, 0.1) is 0 Å². The first-order chi connectivity index (χ1) is 17.1. The van der Waals surface area contributed by atoms with E-state index in [9.17, 15) is 18.0 Å². The normalized spacial score (nSPS) is 12.2. The predicted molar refractivity (Wildman–Crippen MR) is 146 cm³/mol. The van der Waals surface area contributed by atoms with E-state index in [1.54, 1.807) is 50.2 Å². The van der Waals surface area contributed by atoms with E-state index in [1.165, 1.54) is 4.90 Å². The van der Waals surface area contributed by atoms with Crippen LogP contribution < -0.4 is 9.62 Å². The third-order valence-corrected chi connectivity index (χ3v) is 7.68. The van der Waals surface area contributed by atoms with Crippen molar-refractivity contribution < 1.29 is 18.0 Å². The van der Waals surface area contributed by atoms with Crippen molar-refractivity contribution in [2.24, 2.45) is 0 Å². The van der Waals surface area contributed by atoms with Crippen molar-refractivity contribution in [2.75, 3.05) is 23.7 Å². The highest BCUT2D eigenvalue weighted by Gasteiger charge is 2.32. The number of carbonyl (C=O) groups excluding carboxylic acids is 2. The molecular weight excluding hydrogens is 521 g/mol. The Labute approximate surface area is 222 Å². The van der Waals surface area contributed by atoms with Gasteiger partial charge in [0.2, 0.25) is 21.8 Å². The van der Waals surface area contributed by atoms with Crippen molar-refractivity contribution in [1.82, 2.24) is 10.2 Å². The summed E-state index contributed by atoms with van der Waals surface area (Å²) < 4.78 is 26.9. The SMILES string of the molecule is CCNC(=O)[C@H](CC)N(Cc1c(Cl)cccc1Cl)C(=O)CN(c1cccc2ccccc12)S(C)(=O)=O. The van der Waals surface area contributed by atoms with Gasteiger partial charge in [0, 0.05) is 34.1 Å². The molecule has 3 aromatic carbocycles. The number of carbonyl (C=O) groups is 2. The van der Waals surface area contributed by atoms with E-state index in [0.29, 0.717) is 39.6 Å². The molecule has 3 rings (SSSR count). The third-order valence-electron chi connectivity index (χ3n) is 5.84. The lowest BCUT2D eigenvalue weighted by molar-refractivity contribution is -0.140. The summed E-state index contributed by atoms with van der Waals surface area (Å²) in [5.74, 6) is -0.893. The fourth-order valence-corrected chi connectivity index (χ4v) is 5.46. The molecule has 0 heterocycles. The van der Waals surface area contributed by atoms with Crippen LogP contribution in [0.25, 0.3) is 10.8 Å². The highest BCUT2D eigenvalue weighted by atomic mass is 35.5. The highest BCUT2D eigenvalue weighted by molar-refractivity contribution is 7.92. The van der Waals surface area contributed by atoms with E-state index >= 15 is 0 Å². The van der Waals surface area contributed by atoms with Gasteiger partial charge in [0.05, 0.1) is 11.9 Å². The lowest BCUT2D eigenvalue weighted by Crippen LogP contribution is -2.52. The lowest BCUT2D eigenvalue weighted by Gasteiger charge is -2.33. The number of nitrogens with one attached hydrogen (secondary N) is 1. The first-order valence-electron chi connectivity index (χ1n) is 11.5.